The Balaban J connectivity index is 1.93. The van der Waals surface area contributed by atoms with Crippen molar-refractivity contribution in [3.8, 4) is 11.3 Å². The van der Waals surface area contributed by atoms with Gasteiger partial charge < -0.3 is 0 Å². The van der Waals surface area contributed by atoms with Crippen LogP contribution in [0.2, 0.25) is 10.0 Å². The van der Waals surface area contributed by atoms with E-state index in [2.05, 4.69) is 18.0 Å². The molecule has 2 aromatic carbocycles. The maximum Gasteiger partial charge on any atom is 0.123 e. The molecule has 1 heterocycles. The first kappa shape index (κ1) is 16.9. The van der Waals surface area contributed by atoms with Crippen LogP contribution in [0.5, 0.6) is 0 Å². The standard InChI is InChI=1S/C20H16Cl2FN/c1-13(14-4-6-19(23)7-5-14)9-15-3-2-8-24-20(15)16-10-17(21)12-18(22)11-16/h2-8,10-13H,9H2,1H3. The van der Waals surface area contributed by atoms with Crippen molar-refractivity contribution in [2.75, 3.05) is 0 Å². The van der Waals surface area contributed by atoms with Gasteiger partial charge in [0.25, 0.3) is 0 Å². The van der Waals surface area contributed by atoms with Gasteiger partial charge in [0.2, 0.25) is 0 Å². The second kappa shape index (κ2) is 7.33. The molecule has 0 saturated heterocycles. The molecule has 0 aliphatic heterocycles. The van der Waals surface area contributed by atoms with E-state index in [-0.39, 0.29) is 11.7 Å². The van der Waals surface area contributed by atoms with Gasteiger partial charge in [-0.2, -0.15) is 0 Å². The van der Waals surface area contributed by atoms with Crippen LogP contribution in [-0.2, 0) is 6.42 Å². The van der Waals surface area contributed by atoms with E-state index in [4.69, 9.17) is 23.2 Å². The summed E-state index contributed by atoms with van der Waals surface area (Å²) in [5.41, 5.74) is 3.97. The van der Waals surface area contributed by atoms with E-state index in [1.807, 2.05) is 30.3 Å². The highest BCUT2D eigenvalue weighted by molar-refractivity contribution is 6.35. The molecule has 0 aliphatic rings. The van der Waals surface area contributed by atoms with Gasteiger partial charge in [-0.3, -0.25) is 4.98 Å². The molecule has 0 bridgehead atoms. The highest BCUT2D eigenvalue weighted by atomic mass is 35.5. The zero-order valence-electron chi connectivity index (χ0n) is 13.1. The predicted octanol–water partition coefficient (Wildman–Crippen LogP) is 6.54. The molecule has 122 valence electrons. The molecule has 0 spiro atoms. The number of nitrogens with zero attached hydrogens (tertiary/aromatic N) is 1. The number of hydrogen-bond acceptors (Lipinski definition) is 1. The lowest BCUT2D eigenvalue weighted by Crippen LogP contribution is -2.01. The van der Waals surface area contributed by atoms with Gasteiger partial charge in [-0.1, -0.05) is 48.3 Å². The molecule has 24 heavy (non-hydrogen) atoms. The Kier molecular flexibility index (Phi) is 5.17. The normalized spacial score (nSPS) is 12.2. The molecule has 1 aromatic heterocycles. The Labute approximate surface area is 151 Å². The van der Waals surface area contributed by atoms with Crippen molar-refractivity contribution < 1.29 is 4.39 Å². The number of pyridine rings is 1. The van der Waals surface area contributed by atoms with Gasteiger partial charge in [0.1, 0.15) is 5.82 Å². The van der Waals surface area contributed by atoms with Crippen LogP contribution in [0, 0.1) is 5.82 Å². The summed E-state index contributed by atoms with van der Waals surface area (Å²) in [6.45, 7) is 2.12. The molecule has 3 rings (SSSR count). The lowest BCUT2D eigenvalue weighted by Gasteiger charge is -2.15. The van der Waals surface area contributed by atoms with Crippen LogP contribution in [0.4, 0.5) is 4.39 Å². The molecule has 1 nitrogen and oxygen atoms in total. The van der Waals surface area contributed by atoms with E-state index in [9.17, 15) is 4.39 Å². The van der Waals surface area contributed by atoms with Gasteiger partial charge in [-0.15, -0.1) is 0 Å². The average Bonchev–Trinajstić information content (AvgIpc) is 2.55. The number of halogens is 3. The monoisotopic (exact) mass is 359 g/mol. The van der Waals surface area contributed by atoms with Crippen molar-refractivity contribution in [2.45, 2.75) is 19.3 Å². The number of benzene rings is 2. The zero-order valence-corrected chi connectivity index (χ0v) is 14.7. The van der Waals surface area contributed by atoms with Gasteiger partial charge in [-0.05, 0) is 59.9 Å². The fourth-order valence-electron chi connectivity index (χ4n) is 2.79. The summed E-state index contributed by atoms with van der Waals surface area (Å²) in [6, 6.07) is 16.0. The summed E-state index contributed by atoms with van der Waals surface area (Å²) in [5.74, 6) is 0.0183. The zero-order chi connectivity index (χ0) is 17.1. The minimum absolute atomic E-state index is 0.221. The van der Waals surface area contributed by atoms with Crippen molar-refractivity contribution >= 4 is 23.2 Å². The molecular formula is C20H16Cl2FN. The third-order valence-corrected chi connectivity index (χ3v) is 4.43. The van der Waals surface area contributed by atoms with Gasteiger partial charge in [0.05, 0.1) is 5.69 Å². The first-order chi connectivity index (χ1) is 11.5. The smallest absolute Gasteiger partial charge is 0.123 e. The van der Waals surface area contributed by atoms with Crippen LogP contribution in [0.1, 0.15) is 24.0 Å². The molecule has 0 amide bonds. The quantitative estimate of drug-likeness (QED) is 0.515. The third kappa shape index (κ3) is 3.95. The largest absolute Gasteiger partial charge is 0.256 e. The van der Waals surface area contributed by atoms with Gasteiger partial charge >= 0.3 is 0 Å². The molecule has 4 heteroatoms. The molecule has 0 aliphatic carbocycles. The van der Waals surface area contributed by atoms with Crippen LogP contribution in [-0.4, -0.2) is 4.98 Å². The number of hydrogen-bond donors (Lipinski definition) is 0. The minimum atomic E-state index is -0.221. The molecular weight excluding hydrogens is 344 g/mol. The lowest BCUT2D eigenvalue weighted by molar-refractivity contribution is 0.625. The van der Waals surface area contributed by atoms with Crippen LogP contribution in [0.15, 0.2) is 60.8 Å². The minimum Gasteiger partial charge on any atom is -0.256 e. The van der Waals surface area contributed by atoms with Crippen molar-refractivity contribution in [3.05, 3.63) is 87.8 Å². The van der Waals surface area contributed by atoms with E-state index >= 15 is 0 Å². The summed E-state index contributed by atoms with van der Waals surface area (Å²) in [4.78, 5) is 4.51. The van der Waals surface area contributed by atoms with Crippen LogP contribution in [0.25, 0.3) is 11.3 Å². The molecule has 0 fully saturated rings. The molecule has 0 saturated carbocycles. The molecule has 0 radical (unpaired) electrons. The summed E-state index contributed by atoms with van der Waals surface area (Å²) < 4.78 is 13.1. The van der Waals surface area contributed by atoms with Crippen molar-refractivity contribution in [1.29, 1.82) is 0 Å². The molecule has 1 atom stereocenters. The van der Waals surface area contributed by atoms with E-state index in [1.165, 1.54) is 12.1 Å². The lowest BCUT2D eigenvalue weighted by atomic mass is 9.91. The van der Waals surface area contributed by atoms with Crippen molar-refractivity contribution in [3.63, 3.8) is 0 Å². The Morgan fingerprint density at radius 3 is 2.33 bits per heavy atom. The first-order valence-corrected chi connectivity index (χ1v) is 8.44. The molecule has 0 N–H and O–H groups in total. The fraction of sp³-hybridized carbons (Fsp3) is 0.150. The van der Waals surface area contributed by atoms with E-state index in [1.54, 1.807) is 12.3 Å². The van der Waals surface area contributed by atoms with Crippen LogP contribution >= 0.6 is 23.2 Å². The summed E-state index contributed by atoms with van der Waals surface area (Å²) in [7, 11) is 0. The Hall–Kier alpha value is -1.90. The van der Waals surface area contributed by atoms with Gasteiger partial charge in [0, 0.05) is 21.8 Å². The maximum absolute atomic E-state index is 13.1. The second-order valence-electron chi connectivity index (χ2n) is 5.83. The Bertz CT molecular complexity index is 826. The van der Waals surface area contributed by atoms with Gasteiger partial charge in [0.15, 0.2) is 0 Å². The summed E-state index contributed by atoms with van der Waals surface area (Å²) in [6.07, 6.45) is 2.55. The van der Waals surface area contributed by atoms with Crippen LogP contribution in [0.3, 0.4) is 0 Å². The number of aromatic nitrogens is 1. The third-order valence-electron chi connectivity index (χ3n) is 3.99. The van der Waals surface area contributed by atoms with Crippen LogP contribution < -0.4 is 0 Å². The highest BCUT2D eigenvalue weighted by Crippen LogP contribution is 2.30. The molecule has 3 aromatic rings. The predicted molar refractivity (Wildman–Crippen MR) is 98.2 cm³/mol. The topological polar surface area (TPSA) is 12.9 Å². The summed E-state index contributed by atoms with van der Waals surface area (Å²) in [5, 5.41) is 1.17. The SMILES string of the molecule is CC(Cc1cccnc1-c1cc(Cl)cc(Cl)c1)c1ccc(F)cc1. The van der Waals surface area contributed by atoms with E-state index in [0.717, 1.165) is 28.8 Å². The Morgan fingerprint density at radius 2 is 1.67 bits per heavy atom. The first-order valence-electron chi connectivity index (χ1n) is 7.69. The van der Waals surface area contributed by atoms with E-state index < -0.39 is 0 Å². The fourth-order valence-corrected chi connectivity index (χ4v) is 3.32. The highest BCUT2D eigenvalue weighted by Gasteiger charge is 2.13. The van der Waals surface area contributed by atoms with Gasteiger partial charge in [-0.25, -0.2) is 4.39 Å². The number of rotatable bonds is 4. The molecule has 1 unspecified atom stereocenters. The average molecular weight is 360 g/mol. The van der Waals surface area contributed by atoms with Crippen molar-refractivity contribution in [2.24, 2.45) is 0 Å². The second-order valence-corrected chi connectivity index (χ2v) is 6.70. The van der Waals surface area contributed by atoms with Crippen molar-refractivity contribution in [1.82, 2.24) is 4.98 Å². The van der Waals surface area contributed by atoms with E-state index in [0.29, 0.717) is 10.0 Å². The Morgan fingerprint density at radius 1 is 1.00 bits per heavy atom. The summed E-state index contributed by atoms with van der Waals surface area (Å²) >= 11 is 12.2. The maximum atomic E-state index is 13.1.